The summed E-state index contributed by atoms with van der Waals surface area (Å²) in [6, 6.07) is 40.0. The van der Waals surface area contributed by atoms with E-state index < -0.39 is 24.5 Å². The number of benzene rings is 4. The summed E-state index contributed by atoms with van der Waals surface area (Å²) in [4.78, 5) is 0. The topological polar surface area (TPSA) is 20.2 Å². The second-order valence-corrected chi connectivity index (χ2v) is 19.4. The Bertz CT molecular complexity index is 1010. The SMILES string of the molecule is OC(/C=C/c1ccc(Cl)cc1)[CH2][Sn]([c]1ccccc1)([c]1ccccc1)[c]1ccccc1. The molecule has 1 nitrogen and oxygen atoms in total. The van der Waals surface area contributed by atoms with E-state index >= 15 is 0 Å². The number of halogens is 1. The first-order valence-electron chi connectivity index (χ1n) is 10.5. The number of hydrogen-bond donors (Lipinski definition) is 1. The molecule has 0 amide bonds. The van der Waals surface area contributed by atoms with Gasteiger partial charge in [-0.15, -0.1) is 0 Å². The summed E-state index contributed by atoms with van der Waals surface area (Å²) < 4.78 is 4.84. The Morgan fingerprint density at radius 2 is 1.06 bits per heavy atom. The van der Waals surface area contributed by atoms with Crippen molar-refractivity contribution in [2.45, 2.75) is 10.5 Å². The van der Waals surface area contributed by atoms with Gasteiger partial charge < -0.3 is 0 Å². The molecular formula is C28H25ClOSn. The number of hydrogen-bond acceptors (Lipinski definition) is 1. The van der Waals surface area contributed by atoms with Crippen LogP contribution in [0.5, 0.6) is 0 Å². The van der Waals surface area contributed by atoms with Crippen LogP contribution in [0.1, 0.15) is 5.56 Å². The maximum absolute atomic E-state index is 11.2. The van der Waals surface area contributed by atoms with E-state index in [1.807, 2.05) is 36.4 Å². The summed E-state index contributed by atoms with van der Waals surface area (Å²) in [7, 11) is 0. The molecule has 4 rings (SSSR count). The van der Waals surface area contributed by atoms with Crippen molar-refractivity contribution >= 4 is 46.8 Å². The third kappa shape index (κ3) is 5.12. The van der Waals surface area contributed by atoms with Gasteiger partial charge in [0, 0.05) is 0 Å². The summed E-state index contributed by atoms with van der Waals surface area (Å²) in [6.45, 7) is 0. The van der Waals surface area contributed by atoms with Crippen molar-refractivity contribution < 1.29 is 5.11 Å². The first-order chi connectivity index (χ1) is 15.2. The predicted octanol–water partition coefficient (Wildman–Crippen LogP) is 4.88. The fraction of sp³-hybridized carbons (Fsp3) is 0.0714. The molecule has 154 valence electrons. The molecule has 1 atom stereocenters. The molecule has 0 heterocycles. The maximum atomic E-state index is 11.2. The summed E-state index contributed by atoms with van der Waals surface area (Å²) in [5, 5.41) is 11.9. The molecule has 0 saturated carbocycles. The molecule has 0 aliphatic carbocycles. The molecule has 0 aliphatic rings. The van der Waals surface area contributed by atoms with Gasteiger partial charge in [-0.3, -0.25) is 0 Å². The van der Waals surface area contributed by atoms with Gasteiger partial charge >= 0.3 is 194 Å². The second-order valence-electron chi connectivity index (χ2n) is 7.69. The summed E-state index contributed by atoms with van der Waals surface area (Å²) in [5.74, 6) is 0. The van der Waals surface area contributed by atoms with Crippen LogP contribution in [0.2, 0.25) is 9.46 Å². The van der Waals surface area contributed by atoms with Crippen LogP contribution in [0.15, 0.2) is 121 Å². The molecule has 0 fully saturated rings. The number of aliphatic hydroxyl groups is 1. The van der Waals surface area contributed by atoms with E-state index in [4.69, 9.17) is 11.6 Å². The van der Waals surface area contributed by atoms with E-state index in [9.17, 15) is 5.11 Å². The standard InChI is InChI=1S/C10H10ClO.3C6H5.Sn/c1-8(12)2-3-9-4-6-10(11)7-5-9;3*1-2-4-6-5-3-1;/h2-8,12H,1H2;3*1-5H;/b3-2+;;;;. The van der Waals surface area contributed by atoms with Crippen LogP contribution in [0, 0.1) is 0 Å². The summed E-state index contributed by atoms with van der Waals surface area (Å²) in [5.41, 5.74) is 1.03. The minimum atomic E-state index is -3.47. The van der Waals surface area contributed by atoms with Crippen LogP contribution in [0.25, 0.3) is 6.08 Å². The molecule has 4 aromatic carbocycles. The van der Waals surface area contributed by atoms with Crippen LogP contribution in [0.4, 0.5) is 0 Å². The zero-order valence-electron chi connectivity index (χ0n) is 17.2. The Morgan fingerprint density at radius 1 is 0.645 bits per heavy atom. The monoisotopic (exact) mass is 532 g/mol. The van der Waals surface area contributed by atoms with Gasteiger partial charge in [0.2, 0.25) is 0 Å². The Hall–Kier alpha value is -2.33. The van der Waals surface area contributed by atoms with Crippen LogP contribution >= 0.6 is 11.6 Å². The van der Waals surface area contributed by atoms with Crippen molar-refractivity contribution in [3.8, 4) is 0 Å². The van der Waals surface area contributed by atoms with Crippen molar-refractivity contribution in [2.75, 3.05) is 0 Å². The fourth-order valence-corrected chi connectivity index (χ4v) is 17.9. The van der Waals surface area contributed by atoms with Crippen molar-refractivity contribution in [1.82, 2.24) is 0 Å². The summed E-state index contributed by atoms with van der Waals surface area (Å²) in [6.07, 6.45) is 3.36. The fourth-order valence-electron chi connectivity index (χ4n) is 4.20. The molecule has 4 aromatic rings. The molecule has 1 unspecified atom stereocenters. The Labute approximate surface area is 193 Å². The van der Waals surface area contributed by atoms with E-state index in [0.29, 0.717) is 5.02 Å². The molecular weight excluding hydrogens is 506 g/mol. The van der Waals surface area contributed by atoms with Gasteiger partial charge in [-0.25, -0.2) is 0 Å². The first-order valence-corrected chi connectivity index (χ1v) is 17.1. The van der Waals surface area contributed by atoms with E-state index in [0.717, 1.165) is 10.0 Å². The number of rotatable bonds is 7. The summed E-state index contributed by atoms with van der Waals surface area (Å²) >= 11 is 2.53. The first kappa shape index (κ1) is 21.9. The number of aliphatic hydroxyl groups excluding tert-OH is 1. The normalized spacial score (nSPS) is 12.7. The molecule has 0 saturated heterocycles. The van der Waals surface area contributed by atoms with Crippen molar-refractivity contribution in [1.29, 1.82) is 0 Å². The average Bonchev–Trinajstić information content (AvgIpc) is 2.84. The van der Waals surface area contributed by atoms with E-state index in [1.54, 1.807) is 0 Å². The van der Waals surface area contributed by atoms with Gasteiger partial charge in [-0.2, -0.15) is 0 Å². The van der Waals surface area contributed by atoms with Gasteiger partial charge in [0.05, 0.1) is 0 Å². The Morgan fingerprint density at radius 3 is 1.48 bits per heavy atom. The molecule has 0 spiro atoms. The average molecular weight is 532 g/mol. The third-order valence-electron chi connectivity index (χ3n) is 5.70. The van der Waals surface area contributed by atoms with Crippen LogP contribution in [-0.2, 0) is 0 Å². The van der Waals surface area contributed by atoms with Crippen molar-refractivity contribution in [2.24, 2.45) is 0 Å². The van der Waals surface area contributed by atoms with Gasteiger partial charge in [-0.1, -0.05) is 0 Å². The molecule has 0 bridgehead atoms. The molecule has 0 aromatic heterocycles. The van der Waals surface area contributed by atoms with Gasteiger partial charge in [-0.05, 0) is 0 Å². The van der Waals surface area contributed by atoms with Crippen LogP contribution in [-0.4, -0.2) is 29.6 Å². The Balaban J connectivity index is 1.79. The quantitative estimate of drug-likeness (QED) is 0.337. The zero-order chi connectivity index (χ0) is 21.5. The van der Waals surface area contributed by atoms with Crippen LogP contribution < -0.4 is 10.7 Å². The predicted molar refractivity (Wildman–Crippen MR) is 135 cm³/mol. The van der Waals surface area contributed by atoms with Gasteiger partial charge in [0.25, 0.3) is 0 Å². The molecule has 31 heavy (non-hydrogen) atoms. The molecule has 0 aliphatic heterocycles. The van der Waals surface area contributed by atoms with Gasteiger partial charge in [0.1, 0.15) is 0 Å². The molecule has 3 heteroatoms. The van der Waals surface area contributed by atoms with Crippen LogP contribution in [0.3, 0.4) is 0 Å². The zero-order valence-corrected chi connectivity index (χ0v) is 20.8. The second kappa shape index (κ2) is 10.3. The van der Waals surface area contributed by atoms with Crippen molar-refractivity contribution in [3.63, 3.8) is 0 Å². The molecule has 1 N–H and O–H groups in total. The van der Waals surface area contributed by atoms with E-state index in [1.165, 1.54) is 10.7 Å². The third-order valence-corrected chi connectivity index (χ3v) is 20.2. The van der Waals surface area contributed by atoms with Crippen molar-refractivity contribution in [3.05, 3.63) is 132 Å². The Kier molecular flexibility index (Phi) is 7.28. The van der Waals surface area contributed by atoms with E-state index in [-0.39, 0.29) is 0 Å². The van der Waals surface area contributed by atoms with Gasteiger partial charge in [0.15, 0.2) is 0 Å². The molecule has 0 radical (unpaired) electrons. The van der Waals surface area contributed by atoms with E-state index in [2.05, 4.69) is 91.0 Å². The minimum absolute atomic E-state index is 0.549.